The molecule has 0 saturated heterocycles. The van der Waals surface area contributed by atoms with Crippen molar-refractivity contribution < 1.29 is 9.18 Å². The van der Waals surface area contributed by atoms with E-state index in [0.717, 1.165) is 16.1 Å². The van der Waals surface area contributed by atoms with E-state index in [1.807, 2.05) is 6.92 Å². The van der Waals surface area contributed by atoms with Gasteiger partial charge in [-0.05, 0) is 43.3 Å². The second kappa shape index (κ2) is 6.03. The van der Waals surface area contributed by atoms with Crippen LogP contribution in [0.15, 0.2) is 48.8 Å². The number of aryl methyl sites for hydroxylation is 1. The van der Waals surface area contributed by atoms with Gasteiger partial charge in [-0.3, -0.25) is 15.1 Å². The van der Waals surface area contributed by atoms with E-state index in [2.05, 4.69) is 15.3 Å². The second-order valence-electron chi connectivity index (χ2n) is 4.62. The lowest BCUT2D eigenvalue weighted by Crippen LogP contribution is -2.11. The number of pyridine rings is 1. The Hall–Kier alpha value is -2.60. The molecule has 0 spiro atoms. The van der Waals surface area contributed by atoms with Crippen molar-refractivity contribution in [3.8, 4) is 11.3 Å². The maximum absolute atomic E-state index is 13.0. The molecule has 0 aliphatic rings. The van der Waals surface area contributed by atoms with Gasteiger partial charge in [-0.25, -0.2) is 9.37 Å². The minimum atomic E-state index is -0.289. The minimum absolute atomic E-state index is 0.234. The number of hydrogen-bond acceptors (Lipinski definition) is 4. The smallest absolute Gasteiger partial charge is 0.257 e. The molecule has 2 aromatic heterocycles. The number of nitrogens with zero attached hydrogens (tertiary/aromatic N) is 2. The monoisotopic (exact) mass is 313 g/mol. The van der Waals surface area contributed by atoms with E-state index in [1.165, 1.54) is 23.5 Å². The van der Waals surface area contributed by atoms with Crippen molar-refractivity contribution in [1.29, 1.82) is 0 Å². The normalized spacial score (nSPS) is 10.5. The van der Waals surface area contributed by atoms with Gasteiger partial charge in [-0.15, -0.1) is 11.3 Å². The van der Waals surface area contributed by atoms with Gasteiger partial charge >= 0.3 is 0 Å². The number of carbonyl (C=O) groups is 1. The second-order valence-corrected chi connectivity index (χ2v) is 5.82. The average Bonchev–Trinajstić information content (AvgIpc) is 2.89. The Kier molecular flexibility index (Phi) is 3.93. The Balaban J connectivity index is 1.83. The third-order valence-corrected chi connectivity index (χ3v) is 3.96. The van der Waals surface area contributed by atoms with Crippen LogP contribution in [0.4, 0.5) is 9.52 Å². The van der Waals surface area contributed by atoms with E-state index in [9.17, 15) is 9.18 Å². The van der Waals surface area contributed by atoms with Crippen LogP contribution in [0.2, 0.25) is 0 Å². The fourth-order valence-corrected chi connectivity index (χ4v) is 2.83. The van der Waals surface area contributed by atoms with E-state index < -0.39 is 0 Å². The van der Waals surface area contributed by atoms with Crippen LogP contribution in [0.25, 0.3) is 11.3 Å². The quantitative estimate of drug-likeness (QED) is 0.797. The molecule has 2 heterocycles. The summed E-state index contributed by atoms with van der Waals surface area (Å²) in [6, 6.07) is 9.40. The highest BCUT2D eigenvalue weighted by Gasteiger charge is 2.13. The molecular weight excluding hydrogens is 301 g/mol. The molecule has 1 N–H and O–H groups in total. The number of halogens is 1. The summed E-state index contributed by atoms with van der Waals surface area (Å²) in [6.45, 7) is 1.92. The van der Waals surface area contributed by atoms with E-state index in [-0.39, 0.29) is 11.7 Å². The van der Waals surface area contributed by atoms with Crippen molar-refractivity contribution in [3.63, 3.8) is 0 Å². The molecule has 0 atom stereocenters. The Morgan fingerprint density at radius 3 is 2.50 bits per heavy atom. The number of carbonyl (C=O) groups excluding carboxylic acids is 1. The fourth-order valence-electron chi connectivity index (χ4n) is 2.00. The number of anilines is 1. The third kappa shape index (κ3) is 3.01. The van der Waals surface area contributed by atoms with Gasteiger partial charge in [0.2, 0.25) is 0 Å². The van der Waals surface area contributed by atoms with Crippen molar-refractivity contribution in [2.24, 2.45) is 0 Å². The Bertz CT molecular complexity index is 800. The number of hydrogen-bond donors (Lipinski definition) is 1. The van der Waals surface area contributed by atoms with Crippen LogP contribution in [0, 0.1) is 12.7 Å². The van der Waals surface area contributed by atoms with Gasteiger partial charge in [0.25, 0.3) is 5.91 Å². The van der Waals surface area contributed by atoms with Crippen molar-refractivity contribution >= 4 is 22.4 Å². The van der Waals surface area contributed by atoms with Crippen molar-refractivity contribution in [2.45, 2.75) is 6.92 Å². The molecule has 6 heteroatoms. The molecule has 0 fully saturated rings. The summed E-state index contributed by atoms with van der Waals surface area (Å²) in [5.41, 5.74) is 2.08. The van der Waals surface area contributed by atoms with Gasteiger partial charge in [0.1, 0.15) is 5.82 Å². The standard InChI is InChI=1S/C16H12FN3OS/c1-10-14(11-2-4-13(17)5-3-11)19-16(22-10)20-15(21)12-6-8-18-9-7-12/h2-9H,1H3,(H,19,20,21). The van der Waals surface area contributed by atoms with Gasteiger partial charge in [-0.1, -0.05) is 0 Å². The zero-order valence-electron chi connectivity index (χ0n) is 11.7. The van der Waals surface area contributed by atoms with Crippen LogP contribution in [0.5, 0.6) is 0 Å². The average molecular weight is 313 g/mol. The summed E-state index contributed by atoms with van der Waals surface area (Å²) < 4.78 is 13.0. The number of benzene rings is 1. The van der Waals surface area contributed by atoms with Crippen LogP contribution in [0.3, 0.4) is 0 Å². The van der Waals surface area contributed by atoms with E-state index in [4.69, 9.17) is 0 Å². The van der Waals surface area contributed by atoms with Crippen LogP contribution in [0.1, 0.15) is 15.2 Å². The first-order chi connectivity index (χ1) is 10.6. The highest BCUT2D eigenvalue weighted by Crippen LogP contribution is 2.30. The summed E-state index contributed by atoms with van der Waals surface area (Å²) in [6.07, 6.45) is 3.12. The molecular formula is C16H12FN3OS. The molecule has 3 aromatic rings. The molecule has 0 aliphatic heterocycles. The molecule has 110 valence electrons. The molecule has 1 amide bonds. The Labute approximate surface area is 130 Å². The largest absolute Gasteiger partial charge is 0.298 e. The number of aromatic nitrogens is 2. The molecule has 0 radical (unpaired) electrons. The van der Waals surface area contributed by atoms with Crippen LogP contribution in [-0.2, 0) is 0 Å². The highest BCUT2D eigenvalue weighted by atomic mass is 32.1. The van der Waals surface area contributed by atoms with Crippen molar-refractivity contribution in [3.05, 3.63) is 65.0 Å². The number of nitrogens with one attached hydrogen (secondary N) is 1. The summed E-state index contributed by atoms with van der Waals surface area (Å²) in [5.74, 6) is -0.523. The van der Waals surface area contributed by atoms with E-state index in [0.29, 0.717) is 10.7 Å². The first kappa shape index (κ1) is 14.3. The maximum Gasteiger partial charge on any atom is 0.257 e. The van der Waals surface area contributed by atoms with Gasteiger partial charge in [0.05, 0.1) is 5.69 Å². The highest BCUT2D eigenvalue weighted by molar-refractivity contribution is 7.16. The Morgan fingerprint density at radius 1 is 1.14 bits per heavy atom. The summed E-state index contributed by atoms with van der Waals surface area (Å²) in [7, 11) is 0. The summed E-state index contributed by atoms with van der Waals surface area (Å²) in [5, 5.41) is 3.28. The Morgan fingerprint density at radius 2 is 1.82 bits per heavy atom. The van der Waals surface area contributed by atoms with E-state index >= 15 is 0 Å². The van der Waals surface area contributed by atoms with Crippen molar-refractivity contribution in [2.75, 3.05) is 5.32 Å². The lowest BCUT2D eigenvalue weighted by Gasteiger charge is -2.00. The molecule has 4 nitrogen and oxygen atoms in total. The fraction of sp³-hybridized carbons (Fsp3) is 0.0625. The number of thiazole rings is 1. The van der Waals surface area contributed by atoms with Crippen LogP contribution < -0.4 is 5.32 Å². The van der Waals surface area contributed by atoms with Crippen LogP contribution in [-0.4, -0.2) is 15.9 Å². The zero-order valence-corrected chi connectivity index (χ0v) is 12.5. The molecule has 3 rings (SSSR count). The summed E-state index contributed by atoms with van der Waals surface area (Å²) >= 11 is 1.38. The van der Waals surface area contributed by atoms with Crippen molar-refractivity contribution in [1.82, 2.24) is 9.97 Å². The first-order valence-corrected chi connectivity index (χ1v) is 7.40. The van der Waals surface area contributed by atoms with Gasteiger partial charge in [0, 0.05) is 28.4 Å². The molecule has 1 aromatic carbocycles. The SMILES string of the molecule is Cc1sc(NC(=O)c2ccncc2)nc1-c1ccc(F)cc1. The van der Waals surface area contributed by atoms with Gasteiger partial charge < -0.3 is 0 Å². The third-order valence-electron chi connectivity index (χ3n) is 3.08. The molecule has 22 heavy (non-hydrogen) atoms. The molecule has 0 aliphatic carbocycles. The lowest BCUT2D eigenvalue weighted by atomic mass is 10.1. The van der Waals surface area contributed by atoms with E-state index in [1.54, 1.807) is 36.7 Å². The maximum atomic E-state index is 13.0. The zero-order chi connectivity index (χ0) is 15.5. The topological polar surface area (TPSA) is 54.9 Å². The van der Waals surface area contributed by atoms with Crippen LogP contribution >= 0.6 is 11.3 Å². The number of rotatable bonds is 3. The minimum Gasteiger partial charge on any atom is -0.298 e. The molecule has 0 unspecified atom stereocenters. The molecule has 0 bridgehead atoms. The first-order valence-electron chi connectivity index (χ1n) is 6.58. The number of amides is 1. The van der Waals surface area contributed by atoms with Gasteiger partial charge in [-0.2, -0.15) is 0 Å². The molecule has 0 saturated carbocycles. The predicted molar refractivity (Wildman–Crippen MR) is 84.4 cm³/mol. The predicted octanol–water partition coefficient (Wildman–Crippen LogP) is 3.90. The van der Waals surface area contributed by atoms with Gasteiger partial charge in [0.15, 0.2) is 5.13 Å². The summed E-state index contributed by atoms with van der Waals surface area (Å²) in [4.78, 5) is 21.3. The lowest BCUT2D eigenvalue weighted by molar-refractivity contribution is 0.102.